The van der Waals surface area contributed by atoms with Crippen LogP contribution in [-0.2, 0) is 10.2 Å². The van der Waals surface area contributed by atoms with Crippen molar-refractivity contribution < 1.29 is 46.1 Å². The minimum atomic E-state index is -5.08. The van der Waals surface area contributed by atoms with Crippen LogP contribution in [0.4, 0.5) is 22.0 Å². The molecule has 4 rings (SSSR count). The first-order valence-electron chi connectivity index (χ1n) is 12.4. The van der Waals surface area contributed by atoms with Gasteiger partial charge in [0.2, 0.25) is 0 Å². The number of benzene rings is 2. The molecule has 220 valence electrons. The summed E-state index contributed by atoms with van der Waals surface area (Å²) in [6.45, 7) is 1.92. The Hall–Kier alpha value is -3.06. The highest BCUT2D eigenvalue weighted by Crippen LogP contribution is 2.49. The van der Waals surface area contributed by atoms with E-state index in [1.165, 1.54) is 11.6 Å². The fraction of sp³-hybridized carbons (Fsp3) is 0.481. The minimum absolute atomic E-state index is 0.00332. The number of hydrogen-bond acceptors (Lipinski definition) is 6. The van der Waals surface area contributed by atoms with E-state index in [0.717, 1.165) is 38.1 Å². The van der Waals surface area contributed by atoms with Crippen molar-refractivity contribution >= 4 is 23.6 Å². The first kappa shape index (κ1) is 31.5. The summed E-state index contributed by atoms with van der Waals surface area (Å²) in [5.41, 5.74) is 1.67. The number of nitrogens with one attached hydrogen (secondary N) is 1. The van der Waals surface area contributed by atoms with Gasteiger partial charge in [0.05, 0.1) is 14.2 Å². The van der Waals surface area contributed by atoms with Gasteiger partial charge in [-0.25, -0.2) is 4.79 Å². The molecule has 0 unspecified atom stereocenters. The zero-order valence-corrected chi connectivity index (χ0v) is 23.0. The molecule has 0 spiro atoms. The lowest BCUT2D eigenvalue weighted by atomic mass is 9.63. The summed E-state index contributed by atoms with van der Waals surface area (Å²) in [6, 6.07) is 12.7. The highest BCUT2D eigenvalue weighted by molar-refractivity contribution is 7.99. The van der Waals surface area contributed by atoms with Crippen molar-refractivity contribution in [2.75, 3.05) is 34.4 Å². The summed E-state index contributed by atoms with van der Waals surface area (Å²) in [5.74, 6) is -3.64. The number of carboxylic acids is 1. The Morgan fingerprint density at radius 3 is 2.40 bits per heavy atom. The molecule has 2 fully saturated rings. The van der Waals surface area contributed by atoms with E-state index in [2.05, 4.69) is 29.4 Å². The van der Waals surface area contributed by atoms with E-state index in [-0.39, 0.29) is 17.4 Å². The number of nitrogens with zero attached hydrogens (tertiary/aromatic N) is 1. The standard InChI is InChI=1S/C25H30F2N2O3S.C2HF3O2/c1-29-14-18-12-19(28-23(30)16-5-4-6-20(11-16)33-24(26)27)9-10-25(18,15-29)17-7-8-21(31-2)22(13-17)32-3;3-2(4,5)1(6)7/h4-8,11,13,18-19,24H,9-10,12,14-15H2,1-3H3,(H,28,30);(H,6,7)/t18-,19-,25+;/m1./s1. The zero-order valence-electron chi connectivity index (χ0n) is 22.1. The molecule has 1 amide bonds. The average molecular weight is 591 g/mol. The van der Waals surface area contributed by atoms with Crippen LogP contribution in [0, 0.1) is 5.92 Å². The van der Waals surface area contributed by atoms with Gasteiger partial charge in [-0.1, -0.05) is 23.9 Å². The number of carboxylic acid groups (broad SMARTS) is 1. The number of aliphatic carboxylic acids is 1. The molecule has 1 aliphatic heterocycles. The van der Waals surface area contributed by atoms with Crippen LogP contribution in [0.2, 0.25) is 0 Å². The number of likely N-dealkylation sites (tertiary alicyclic amines) is 1. The van der Waals surface area contributed by atoms with Gasteiger partial charge in [0, 0.05) is 35.0 Å². The molecule has 0 aromatic heterocycles. The summed E-state index contributed by atoms with van der Waals surface area (Å²) in [5, 5.41) is 10.3. The third-order valence-corrected chi connectivity index (χ3v) is 7.94. The number of fused-ring (bicyclic) bond motifs is 1. The van der Waals surface area contributed by atoms with Crippen molar-refractivity contribution in [3.05, 3.63) is 53.6 Å². The number of halogens is 5. The van der Waals surface area contributed by atoms with Crippen molar-refractivity contribution in [3.63, 3.8) is 0 Å². The average Bonchev–Trinajstić information content (AvgIpc) is 3.24. The molecule has 2 aromatic rings. The Bertz CT molecular complexity index is 1200. The Morgan fingerprint density at radius 1 is 1.12 bits per heavy atom. The minimum Gasteiger partial charge on any atom is -0.493 e. The van der Waals surface area contributed by atoms with E-state index in [0.29, 0.717) is 33.9 Å². The molecule has 0 radical (unpaired) electrons. The predicted octanol–water partition coefficient (Wildman–Crippen LogP) is 5.43. The fourth-order valence-electron chi connectivity index (χ4n) is 5.53. The number of carbonyl (C=O) groups excluding carboxylic acids is 1. The van der Waals surface area contributed by atoms with Crippen LogP contribution in [0.5, 0.6) is 11.5 Å². The SMILES string of the molecule is COc1ccc([C@@]23CC[C@@H](NC(=O)c4cccc(SC(F)F)c4)C[C@@H]2CN(C)C3)cc1OC.O=C(O)C(F)(F)F. The van der Waals surface area contributed by atoms with Gasteiger partial charge in [-0.2, -0.15) is 22.0 Å². The summed E-state index contributed by atoms with van der Waals surface area (Å²) < 4.78 is 68.1. The summed E-state index contributed by atoms with van der Waals surface area (Å²) in [7, 11) is 5.43. The molecule has 2 N–H and O–H groups in total. The first-order chi connectivity index (χ1) is 18.8. The monoisotopic (exact) mass is 590 g/mol. The van der Waals surface area contributed by atoms with Crippen molar-refractivity contribution in [3.8, 4) is 11.5 Å². The second-order valence-electron chi connectivity index (χ2n) is 9.77. The van der Waals surface area contributed by atoms with Crippen LogP contribution in [0.3, 0.4) is 0 Å². The normalized spacial score (nSPS) is 22.6. The molecule has 13 heteroatoms. The second-order valence-corrected chi connectivity index (χ2v) is 10.8. The lowest BCUT2D eigenvalue weighted by Gasteiger charge is -2.43. The van der Waals surface area contributed by atoms with Crippen molar-refractivity contribution in [1.82, 2.24) is 10.2 Å². The smallest absolute Gasteiger partial charge is 0.490 e. The third kappa shape index (κ3) is 7.57. The van der Waals surface area contributed by atoms with Gasteiger partial charge in [-0.3, -0.25) is 4.79 Å². The molecule has 7 nitrogen and oxygen atoms in total. The maximum atomic E-state index is 12.9. The molecular formula is C27H31F5N2O5S. The fourth-order valence-corrected chi connectivity index (χ4v) is 6.09. The maximum absolute atomic E-state index is 12.9. The number of ether oxygens (including phenoxy) is 2. The molecule has 1 aliphatic carbocycles. The summed E-state index contributed by atoms with van der Waals surface area (Å²) in [4.78, 5) is 24.5. The number of alkyl halides is 5. The predicted molar refractivity (Wildman–Crippen MR) is 139 cm³/mol. The first-order valence-corrected chi connectivity index (χ1v) is 13.2. The van der Waals surface area contributed by atoms with Crippen molar-refractivity contribution in [1.29, 1.82) is 0 Å². The molecule has 2 aliphatic rings. The highest BCUT2D eigenvalue weighted by atomic mass is 32.2. The van der Waals surface area contributed by atoms with Gasteiger partial charge < -0.3 is 24.8 Å². The topological polar surface area (TPSA) is 88.1 Å². The van der Waals surface area contributed by atoms with Gasteiger partial charge in [0.25, 0.3) is 11.7 Å². The van der Waals surface area contributed by atoms with Crippen molar-refractivity contribution in [2.45, 2.75) is 47.5 Å². The Morgan fingerprint density at radius 2 is 1.80 bits per heavy atom. The van der Waals surface area contributed by atoms with E-state index in [4.69, 9.17) is 19.4 Å². The lowest BCUT2D eigenvalue weighted by Crippen LogP contribution is -2.47. The second kappa shape index (κ2) is 13.1. The van der Waals surface area contributed by atoms with Crippen LogP contribution in [0.15, 0.2) is 47.4 Å². The number of carbonyl (C=O) groups is 2. The van der Waals surface area contributed by atoms with Crippen LogP contribution in [0.25, 0.3) is 0 Å². The van der Waals surface area contributed by atoms with Crippen LogP contribution in [0.1, 0.15) is 35.2 Å². The quantitative estimate of drug-likeness (QED) is 0.328. The molecule has 2 aromatic carbocycles. The lowest BCUT2D eigenvalue weighted by molar-refractivity contribution is -0.192. The van der Waals surface area contributed by atoms with Crippen LogP contribution >= 0.6 is 11.8 Å². The third-order valence-electron chi connectivity index (χ3n) is 7.23. The number of rotatable bonds is 7. The molecule has 3 atom stereocenters. The van der Waals surface area contributed by atoms with Gasteiger partial charge in [0.1, 0.15) is 0 Å². The van der Waals surface area contributed by atoms with Crippen LogP contribution < -0.4 is 14.8 Å². The molecule has 0 bridgehead atoms. The number of methoxy groups -OCH3 is 2. The molecule has 1 saturated heterocycles. The van der Waals surface area contributed by atoms with Crippen LogP contribution in [-0.4, -0.2) is 74.2 Å². The number of hydrogen-bond donors (Lipinski definition) is 2. The number of amides is 1. The molecule has 1 saturated carbocycles. The van der Waals surface area contributed by atoms with E-state index in [1.54, 1.807) is 32.4 Å². The van der Waals surface area contributed by atoms with E-state index >= 15 is 0 Å². The van der Waals surface area contributed by atoms with Gasteiger partial charge >= 0.3 is 12.1 Å². The van der Waals surface area contributed by atoms with Crippen molar-refractivity contribution in [2.24, 2.45) is 5.92 Å². The number of likely N-dealkylation sites (N-methyl/N-ethyl adjacent to an activating group) is 1. The van der Waals surface area contributed by atoms with Gasteiger partial charge in [-0.15, -0.1) is 0 Å². The summed E-state index contributed by atoms with van der Waals surface area (Å²) in [6.07, 6.45) is -2.41. The van der Waals surface area contributed by atoms with E-state index in [9.17, 15) is 26.7 Å². The Labute approximate surface area is 233 Å². The Balaban J connectivity index is 0.000000559. The number of thioether (sulfide) groups is 1. The van der Waals surface area contributed by atoms with E-state index in [1.807, 2.05) is 6.07 Å². The maximum Gasteiger partial charge on any atom is 0.490 e. The van der Waals surface area contributed by atoms with Gasteiger partial charge in [-0.05, 0) is 68.1 Å². The zero-order chi connectivity index (χ0) is 29.7. The largest absolute Gasteiger partial charge is 0.493 e. The van der Waals surface area contributed by atoms with Gasteiger partial charge in [0.15, 0.2) is 11.5 Å². The molecule has 1 heterocycles. The summed E-state index contributed by atoms with van der Waals surface area (Å²) >= 11 is 0.453. The Kier molecular flexibility index (Phi) is 10.3. The highest BCUT2D eigenvalue weighted by Gasteiger charge is 2.50. The molecular weight excluding hydrogens is 559 g/mol. The molecule has 40 heavy (non-hydrogen) atoms. The van der Waals surface area contributed by atoms with E-state index < -0.39 is 17.9 Å².